The van der Waals surface area contributed by atoms with Crippen LogP contribution < -0.4 is 15.1 Å². The highest BCUT2D eigenvalue weighted by Crippen LogP contribution is 2.37. The van der Waals surface area contributed by atoms with Crippen molar-refractivity contribution in [2.45, 2.75) is 71.8 Å². The standard InChI is InChI=1S/C37H51N6O3/c1-5-42(30-13-19-46-20-14-30)34-22-29(28-11-12-36(38-23-28)41-17-15-40(4)16-18-41)21-33(27(34)3)37(44)39-24-35-32-10-8-6-7-9-31(32)26(2)25-43(35)45/h11-12,21-23,30H,5-10,13-20,24-25H2,1-4H3,(H,39,44)/q-1. The van der Waals surface area contributed by atoms with Gasteiger partial charge in [-0.15, -0.1) is 0 Å². The normalized spacial score (nSPS) is 20.1. The second-order valence-electron chi connectivity index (χ2n) is 13.5. The van der Waals surface area contributed by atoms with E-state index in [1.165, 1.54) is 17.6 Å². The smallest absolute Gasteiger partial charge is 0.251 e. The lowest BCUT2D eigenvalue weighted by atomic mass is 9.91. The number of likely N-dealkylation sites (N-methyl/N-ethyl adjacent to an activating group) is 1. The molecule has 1 N–H and O–H groups in total. The molecule has 2 saturated heterocycles. The first-order valence-corrected chi connectivity index (χ1v) is 17.4. The first kappa shape index (κ1) is 32.5. The molecule has 3 aliphatic heterocycles. The fourth-order valence-electron chi connectivity index (χ4n) is 7.68. The van der Waals surface area contributed by atoms with Crippen molar-refractivity contribution in [2.24, 2.45) is 0 Å². The Morgan fingerprint density at radius 3 is 2.46 bits per heavy atom. The summed E-state index contributed by atoms with van der Waals surface area (Å²) in [5.41, 5.74) is 9.06. The highest BCUT2D eigenvalue weighted by Gasteiger charge is 2.27. The number of hydrogen-bond acceptors (Lipinski definition) is 8. The minimum atomic E-state index is -0.145. The Balaban J connectivity index is 1.32. The Labute approximate surface area is 274 Å². The average molecular weight is 628 g/mol. The Kier molecular flexibility index (Phi) is 10.3. The van der Waals surface area contributed by atoms with Crippen molar-refractivity contribution < 1.29 is 9.53 Å². The highest BCUT2D eigenvalue weighted by molar-refractivity contribution is 5.99. The quantitative estimate of drug-likeness (QED) is 0.388. The molecule has 0 bridgehead atoms. The summed E-state index contributed by atoms with van der Waals surface area (Å²) >= 11 is 0. The molecule has 1 aliphatic carbocycles. The lowest BCUT2D eigenvalue weighted by Crippen LogP contribution is -2.44. The Hall–Kier alpha value is -3.40. The molecule has 4 aliphatic rings. The number of nitrogens with one attached hydrogen (secondary N) is 1. The third-order valence-corrected chi connectivity index (χ3v) is 10.5. The Morgan fingerprint density at radius 1 is 1.02 bits per heavy atom. The molecule has 0 spiro atoms. The summed E-state index contributed by atoms with van der Waals surface area (Å²) in [7, 11) is 2.16. The number of carbonyl (C=O) groups excluding carboxylic acids is 1. The van der Waals surface area contributed by atoms with Crippen LogP contribution in [-0.2, 0) is 4.74 Å². The van der Waals surface area contributed by atoms with Crippen LogP contribution in [0.2, 0.25) is 0 Å². The summed E-state index contributed by atoms with van der Waals surface area (Å²) in [6.07, 6.45) is 9.23. The molecule has 0 atom stereocenters. The van der Waals surface area contributed by atoms with Crippen LogP contribution in [0.4, 0.5) is 11.5 Å². The molecule has 9 nitrogen and oxygen atoms in total. The predicted molar refractivity (Wildman–Crippen MR) is 186 cm³/mol. The molecule has 1 amide bonds. The molecule has 0 unspecified atom stereocenters. The van der Waals surface area contributed by atoms with Crippen LogP contribution in [0.3, 0.4) is 0 Å². The zero-order valence-electron chi connectivity index (χ0n) is 28.2. The van der Waals surface area contributed by atoms with Gasteiger partial charge in [-0.05, 0) is 113 Å². The van der Waals surface area contributed by atoms with Crippen molar-refractivity contribution in [3.63, 3.8) is 0 Å². The van der Waals surface area contributed by atoms with Crippen molar-refractivity contribution in [2.75, 3.05) is 75.9 Å². The van der Waals surface area contributed by atoms with Crippen LogP contribution in [0.15, 0.2) is 52.9 Å². The number of fused-ring (bicyclic) bond motifs is 1. The van der Waals surface area contributed by atoms with Gasteiger partial charge in [0.15, 0.2) is 0 Å². The van der Waals surface area contributed by atoms with Gasteiger partial charge >= 0.3 is 0 Å². The van der Waals surface area contributed by atoms with E-state index in [0.717, 1.165) is 129 Å². The maximum Gasteiger partial charge on any atom is 0.251 e. The van der Waals surface area contributed by atoms with Crippen LogP contribution in [-0.4, -0.2) is 93.0 Å². The van der Waals surface area contributed by atoms with Gasteiger partial charge in [-0.25, -0.2) is 4.98 Å². The number of amides is 1. The van der Waals surface area contributed by atoms with E-state index in [1.54, 1.807) is 0 Å². The lowest BCUT2D eigenvalue weighted by Gasteiger charge is -2.40. The average Bonchev–Trinajstić information content (AvgIpc) is 3.33. The van der Waals surface area contributed by atoms with Gasteiger partial charge in [0.2, 0.25) is 0 Å². The molecule has 9 heteroatoms. The van der Waals surface area contributed by atoms with E-state index in [4.69, 9.17) is 9.72 Å². The number of benzene rings is 1. The summed E-state index contributed by atoms with van der Waals surface area (Å²) in [5, 5.41) is 17.5. The monoisotopic (exact) mass is 627 g/mol. The molecule has 0 radical (unpaired) electrons. The topological polar surface area (TPSA) is 87.2 Å². The van der Waals surface area contributed by atoms with Crippen molar-refractivity contribution in [1.82, 2.24) is 20.3 Å². The number of allylic oxidation sites excluding steroid dienone is 2. The second-order valence-corrected chi connectivity index (χ2v) is 13.5. The van der Waals surface area contributed by atoms with E-state index < -0.39 is 0 Å². The minimum absolute atomic E-state index is 0.145. The fourth-order valence-corrected chi connectivity index (χ4v) is 7.68. The fraction of sp³-hybridized carbons (Fsp3) is 0.568. The summed E-state index contributed by atoms with van der Waals surface area (Å²) in [4.78, 5) is 26.1. The lowest BCUT2D eigenvalue weighted by molar-refractivity contribution is 0.0846. The summed E-state index contributed by atoms with van der Waals surface area (Å²) < 4.78 is 5.69. The van der Waals surface area contributed by atoms with Gasteiger partial charge in [0.05, 0.1) is 6.54 Å². The van der Waals surface area contributed by atoms with Gasteiger partial charge in [0, 0.05) is 87.2 Å². The number of piperazine rings is 1. The van der Waals surface area contributed by atoms with Crippen molar-refractivity contribution in [3.05, 3.63) is 69.2 Å². The number of hydroxylamine groups is 2. The van der Waals surface area contributed by atoms with E-state index >= 15 is 0 Å². The van der Waals surface area contributed by atoms with Gasteiger partial charge in [-0.1, -0.05) is 12.0 Å². The van der Waals surface area contributed by atoms with Crippen LogP contribution in [0.25, 0.3) is 11.1 Å². The molecular weight excluding hydrogens is 576 g/mol. The SMILES string of the molecule is CCN(c1cc(-c2ccc(N3CCN(C)CC3)nc2)cc(C(=O)NCC2=C3CCCCCC3=C(C)CN2[O-])c1C)C1CCOCC1. The largest absolute Gasteiger partial charge is 0.758 e. The summed E-state index contributed by atoms with van der Waals surface area (Å²) in [6.45, 7) is 13.3. The van der Waals surface area contributed by atoms with Crippen molar-refractivity contribution in [1.29, 1.82) is 0 Å². The van der Waals surface area contributed by atoms with Gasteiger partial charge in [-0.3, -0.25) is 4.79 Å². The van der Waals surface area contributed by atoms with Crippen molar-refractivity contribution in [3.8, 4) is 11.1 Å². The van der Waals surface area contributed by atoms with E-state index in [-0.39, 0.29) is 12.5 Å². The van der Waals surface area contributed by atoms with Crippen LogP contribution in [0.5, 0.6) is 0 Å². The number of nitrogens with zero attached hydrogens (tertiary/aromatic N) is 5. The number of hydrogen-bond donors (Lipinski definition) is 1. The molecular formula is C37H51N6O3-. The van der Waals surface area contributed by atoms with E-state index in [2.05, 4.69) is 66.0 Å². The van der Waals surface area contributed by atoms with Crippen molar-refractivity contribution >= 4 is 17.4 Å². The molecule has 248 valence electrons. The minimum Gasteiger partial charge on any atom is -0.758 e. The number of anilines is 2. The van der Waals surface area contributed by atoms with Gasteiger partial charge in [0.1, 0.15) is 5.82 Å². The number of aromatic nitrogens is 1. The molecule has 3 fully saturated rings. The number of pyridine rings is 1. The summed E-state index contributed by atoms with van der Waals surface area (Å²) in [6, 6.07) is 8.83. The Morgan fingerprint density at radius 2 is 1.76 bits per heavy atom. The molecule has 1 aromatic carbocycles. The number of ether oxygens (including phenoxy) is 1. The first-order chi connectivity index (χ1) is 22.3. The van der Waals surface area contributed by atoms with Gasteiger partial charge < -0.3 is 35.0 Å². The maximum atomic E-state index is 14.1. The van der Waals surface area contributed by atoms with Crippen LogP contribution >= 0.6 is 0 Å². The van der Waals surface area contributed by atoms with E-state index in [1.807, 2.05) is 12.3 Å². The number of carbonyl (C=O) groups is 1. The van der Waals surface area contributed by atoms with Crippen LogP contribution in [0.1, 0.15) is 74.7 Å². The van der Waals surface area contributed by atoms with Gasteiger partial charge in [0.25, 0.3) is 5.91 Å². The van der Waals surface area contributed by atoms with Crippen LogP contribution in [0, 0.1) is 12.1 Å². The Bertz CT molecular complexity index is 1450. The molecule has 4 heterocycles. The second kappa shape index (κ2) is 14.6. The predicted octanol–water partition coefficient (Wildman–Crippen LogP) is 5.89. The zero-order valence-corrected chi connectivity index (χ0v) is 28.2. The number of rotatable bonds is 8. The van der Waals surface area contributed by atoms with E-state index in [9.17, 15) is 10.0 Å². The molecule has 6 rings (SSSR count). The zero-order chi connectivity index (χ0) is 32.2. The maximum absolute atomic E-state index is 14.1. The molecule has 2 aromatic rings. The molecule has 1 saturated carbocycles. The summed E-state index contributed by atoms with van der Waals surface area (Å²) in [5.74, 6) is 0.847. The molecule has 1 aromatic heterocycles. The third-order valence-electron chi connectivity index (χ3n) is 10.5. The highest BCUT2D eigenvalue weighted by atomic mass is 16.5. The van der Waals surface area contributed by atoms with Gasteiger partial charge in [-0.2, -0.15) is 0 Å². The first-order valence-electron chi connectivity index (χ1n) is 17.4. The third kappa shape index (κ3) is 6.97. The van der Waals surface area contributed by atoms with E-state index in [0.29, 0.717) is 18.2 Å². The molecule has 46 heavy (non-hydrogen) atoms.